The topological polar surface area (TPSA) is 64.7 Å². The van der Waals surface area contributed by atoms with Gasteiger partial charge in [0.25, 0.3) is 0 Å². The largest absolute Gasteiger partial charge is 0.436 e. The number of rotatable bonds is 4. The second kappa shape index (κ2) is 10.7. The Labute approximate surface area is 278 Å². The fourth-order valence-corrected chi connectivity index (χ4v) is 7.69. The standard InChI is InChI=1S/C42H24N4OS/c1-2-11-27(12-3-1)39-44-40(30-19-17-25-9-4-6-13-28(25)21-30)46-41(45-39)32-15-8-16-36-38(32)33-23-34-35(24-37(33)48-36)47-42(43-34)31-20-18-26-10-5-7-14-29(26)22-31/h1-24H. The molecule has 10 rings (SSSR count). The van der Waals surface area contributed by atoms with Crippen molar-refractivity contribution in [2.24, 2.45) is 0 Å². The second-order valence-electron chi connectivity index (χ2n) is 11.9. The molecule has 3 aromatic heterocycles. The Kier molecular flexibility index (Phi) is 5.98. The van der Waals surface area contributed by atoms with Crippen molar-refractivity contribution in [1.82, 2.24) is 19.9 Å². The van der Waals surface area contributed by atoms with E-state index in [4.69, 9.17) is 24.4 Å². The van der Waals surface area contributed by atoms with Gasteiger partial charge in [-0.3, -0.25) is 0 Å². The van der Waals surface area contributed by atoms with Crippen LogP contribution in [0.4, 0.5) is 0 Å². The minimum absolute atomic E-state index is 0.614. The number of benzene rings is 7. The lowest BCUT2D eigenvalue weighted by Crippen LogP contribution is -2.00. The first-order valence-corrected chi connectivity index (χ1v) is 16.6. The first-order valence-electron chi connectivity index (χ1n) is 15.8. The van der Waals surface area contributed by atoms with Crippen molar-refractivity contribution in [2.75, 3.05) is 0 Å². The van der Waals surface area contributed by atoms with E-state index in [1.165, 1.54) is 10.8 Å². The van der Waals surface area contributed by atoms with E-state index < -0.39 is 0 Å². The molecule has 0 fully saturated rings. The molecular weight excluding hydrogens is 609 g/mol. The molecule has 0 radical (unpaired) electrons. The molecule has 0 aliphatic heterocycles. The van der Waals surface area contributed by atoms with Crippen LogP contribution in [0.5, 0.6) is 0 Å². The molecule has 224 valence electrons. The van der Waals surface area contributed by atoms with E-state index in [2.05, 4.69) is 115 Å². The monoisotopic (exact) mass is 632 g/mol. The van der Waals surface area contributed by atoms with E-state index in [0.717, 1.165) is 64.3 Å². The lowest BCUT2D eigenvalue weighted by Gasteiger charge is -2.10. The Balaban J connectivity index is 1.16. The number of aromatic nitrogens is 4. The molecular formula is C42H24N4OS. The highest BCUT2D eigenvalue weighted by molar-refractivity contribution is 7.26. The summed E-state index contributed by atoms with van der Waals surface area (Å²) in [4.78, 5) is 20.1. The zero-order chi connectivity index (χ0) is 31.6. The van der Waals surface area contributed by atoms with E-state index in [1.54, 1.807) is 11.3 Å². The zero-order valence-corrected chi connectivity index (χ0v) is 26.3. The van der Waals surface area contributed by atoms with Crippen LogP contribution in [0.3, 0.4) is 0 Å². The molecule has 3 heterocycles. The predicted molar refractivity (Wildman–Crippen MR) is 197 cm³/mol. The smallest absolute Gasteiger partial charge is 0.227 e. The summed E-state index contributed by atoms with van der Waals surface area (Å²) in [6.07, 6.45) is 0. The van der Waals surface area contributed by atoms with Crippen LogP contribution < -0.4 is 0 Å². The molecule has 6 heteroatoms. The SMILES string of the molecule is c1ccc(-c2nc(-c3ccc4ccccc4c3)nc(-c3cccc4sc5cc6oc(-c7ccc8ccccc8c7)nc6cc5c34)n2)cc1. The van der Waals surface area contributed by atoms with Crippen LogP contribution in [0, 0.1) is 0 Å². The molecule has 0 saturated carbocycles. The molecule has 0 N–H and O–H groups in total. The average Bonchev–Trinajstić information content (AvgIpc) is 3.74. The van der Waals surface area contributed by atoms with Crippen molar-refractivity contribution in [2.45, 2.75) is 0 Å². The summed E-state index contributed by atoms with van der Waals surface area (Å²) in [6, 6.07) is 50.1. The third-order valence-electron chi connectivity index (χ3n) is 8.92. The maximum Gasteiger partial charge on any atom is 0.227 e. The molecule has 0 aliphatic rings. The van der Waals surface area contributed by atoms with Gasteiger partial charge in [0.2, 0.25) is 5.89 Å². The first kappa shape index (κ1) is 26.9. The van der Waals surface area contributed by atoms with Crippen molar-refractivity contribution in [3.63, 3.8) is 0 Å². The van der Waals surface area contributed by atoms with Crippen LogP contribution in [0.2, 0.25) is 0 Å². The molecule has 48 heavy (non-hydrogen) atoms. The van der Waals surface area contributed by atoms with Crippen LogP contribution in [0.1, 0.15) is 0 Å². The Hall–Kier alpha value is -6.24. The van der Waals surface area contributed by atoms with Crippen LogP contribution >= 0.6 is 11.3 Å². The Morgan fingerprint density at radius 2 is 1.08 bits per heavy atom. The van der Waals surface area contributed by atoms with Gasteiger partial charge >= 0.3 is 0 Å². The van der Waals surface area contributed by atoms with Crippen LogP contribution in [0.25, 0.3) is 98.4 Å². The van der Waals surface area contributed by atoms with E-state index in [1.807, 2.05) is 30.3 Å². The zero-order valence-electron chi connectivity index (χ0n) is 25.5. The fraction of sp³-hybridized carbons (Fsp3) is 0. The second-order valence-corrected chi connectivity index (χ2v) is 13.0. The van der Waals surface area contributed by atoms with Gasteiger partial charge in [0.05, 0.1) is 0 Å². The van der Waals surface area contributed by atoms with Crippen LogP contribution in [-0.2, 0) is 0 Å². The summed E-state index contributed by atoms with van der Waals surface area (Å²) in [5, 5.41) is 6.87. The summed E-state index contributed by atoms with van der Waals surface area (Å²) in [6.45, 7) is 0. The van der Waals surface area contributed by atoms with Gasteiger partial charge in [-0.2, -0.15) is 0 Å². The normalized spacial score (nSPS) is 11.8. The summed E-state index contributed by atoms with van der Waals surface area (Å²) in [7, 11) is 0. The highest BCUT2D eigenvalue weighted by Gasteiger charge is 2.19. The quantitative estimate of drug-likeness (QED) is 0.193. The summed E-state index contributed by atoms with van der Waals surface area (Å²) < 4.78 is 8.62. The molecule has 7 aromatic carbocycles. The van der Waals surface area contributed by atoms with Crippen molar-refractivity contribution in [3.8, 4) is 45.6 Å². The highest BCUT2D eigenvalue weighted by Crippen LogP contribution is 2.42. The van der Waals surface area contributed by atoms with Gasteiger partial charge in [-0.15, -0.1) is 11.3 Å². The number of nitrogens with zero attached hydrogens (tertiary/aromatic N) is 4. The number of hydrogen-bond donors (Lipinski definition) is 0. The molecule has 0 saturated heterocycles. The predicted octanol–water partition coefficient (Wildman–Crippen LogP) is 11.4. The lowest BCUT2D eigenvalue weighted by atomic mass is 10.0. The molecule has 0 unspecified atom stereocenters. The molecule has 10 aromatic rings. The van der Waals surface area contributed by atoms with Crippen molar-refractivity contribution in [3.05, 3.63) is 146 Å². The molecule has 0 bridgehead atoms. The third kappa shape index (κ3) is 4.46. The van der Waals surface area contributed by atoms with Gasteiger partial charge in [-0.05, 0) is 51.9 Å². The first-order chi connectivity index (χ1) is 23.7. The highest BCUT2D eigenvalue weighted by atomic mass is 32.1. The average molecular weight is 633 g/mol. The maximum atomic E-state index is 6.34. The Morgan fingerprint density at radius 3 is 1.85 bits per heavy atom. The minimum Gasteiger partial charge on any atom is -0.436 e. The third-order valence-corrected chi connectivity index (χ3v) is 10.0. The van der Waals surface area contributed by atoms with Gasteiger partial charge in [-0.1, -0.05) is 109 Å². The van der Waals surface area contributed by atoms with Gasteiger partial charge < -0.3 is 4.42 Å². The number of fused-ring (bicyclic) bond motifs is 6. The fourth-order valence-electron chi connectivity index (χ4n) is 6.55. The van der Waals surface area contributed by atoms with Gasteiger partial charge in [-0.25, -0.2) is 19.9 Å². The summed E-state index contributed by atoms with van der Waals surface area (Å²) in [5.41, 5.74) is 5.39. The van der Waals surface area contributed by atoms with Gasteiger partial charge in [0, 0.05) is 48.5 Å². The maximum absolute atomic E-state index is 6.34. The lowest BCUT2D eigenvalue weighted by molar-refractivity contribution is 0.620. The number of oxazole rings is 1. The summed E-state index contributed by atoms with van der Waals surface area (Å²) >= 11 is 1.74. The van der Waals surface area contributed by atoms with Crippen molar-refractivity contribution >= 4 is 64.2 Å². The van der Waals surface area contributed by atoms with E-state index >= 15 is 0 Å². The van der Waals surface area contributed by atoms with Crippen molar-refractivity contribution in [1.29, 1.82) is 0 Å². The number of thiophene rings is 1. The van der Waals surface area contributed by atoms with Crippen molar-refractivity contribution < 1.29 is 4.42 Å². The Bertz CT molecular complexity index is 2860. The minimum atomic E-state index is 0.614. The van der Waals surface area contributed by atoms with E-state index in [0.29, 0.717) is 23.4 Å². The molecule has 0 atom stereocenters. The summed E-state index contributed by atoms with van der Waals surface area (Å²) in [5.74, 6) is 2.52. The molecule has 0 spiro atoms. The molecule has 0 aliphatic carbocycles. The van der Waals surface area contributed by atoms with E-state index in [9.17, 15) is 0 Å². The molecule has 5 nitrogen and oxygen atoms in total. The van der Waals surface area contributed by atoms with E-state index in [-0.39, 0.29) is 0 Å². The number of hydrogen-bond acceptors (Lipinski definition) is 6. The van der Waals surface area contributed by atoms with Gasteiger partial charge in [0.15, 0.2) is 23.1 Å². The van der Waals surface area contributed by atoms with Crippen LogP contribution in [-0.4, -0.2) is 19.9 Å². The Morgan fingerprint density at radius 1 is 0.438 bits per heavy atom. The molecule has 0 amide bonds. The van der Waals surface area contributed by atoms with Gasteiger partial charge in [0.1, 0.15) is 5.52 Å². The van der Waals surface area contributed by atoms with Crippen LogP contribution in [0.15, 0.2) is 150 Å².